The Bertz CT molecular complexity index is 1090. The smallest absolute Gasteiger partial charge is 0.176 e. The van der Waals surface area contributed by atoms with E-state index in [2.05, 4.69) is 36.4 Å². The van der Waals surface area contributed by atoms with Gasteiger partial charge in [0, 0.05) is 0 Å². The molecule has 1 unspecified atom stereocenters. The average molecular weight is 523 g/mol. The highest BCUT2D eigenvalue weighted by Gasteiger charge is 2.55. The molecule has 0 amide bonds. The Hall–Kier alpha value is -2.39. The Morgan fingerprint density at radius 1 is 0.656 bits per heavy atom. The predicted molar refractivity (Wildman–Crippen MR) is 133 cm³/mol. The van der Waals surface area contributed by atoms with Crippen molar-refractivity contribution in [2.45, 2.75) is 19.5 Å². The van der Waals surface area contributed by atoms with Crippen molar-refractivity contribution in [3.05, 3.63) is 113 Å². The second-order valence-corrected chi connectivity index (χ2v) is 12.1. The van der Waals surface area contributed by atoms with E-state index in [0.717, 1.165) is 20.8 Å². The number of ketones is 2. The lowest BCUT2D eigenvalue weighted by Crippen LogP contribution is -3.00. The molecule has 0 aliphatic carbocycles. The number of Topliss-reactive ketones (excluding diaryl/α,β-unsaturated/α-hetero) is 2. The summed E-state index contributed by atoms with van der Waals surface area (Å²) in [4.78, 5) is 27.1. The Kier molecular flexibility index (Phi) is 7.95. The number of hydrogen-bond donors (Lipinski definition) is 0. The third kappa shape index (κ3) is 4.41. The summed E-state index contributed by atoms with van der Waals surface area (Å²) in [6.07, 6.45) is 0. The molecule has 1 heterocycles. The Balaban J connectivity index is 0.00000289. The van der Waals surface area contributed by atoms with E-state index in [1.165, 1.54) is 11.3 Å². The van der Waals surface area contributed by atoms with Crippen molar-refractivity contribution in [3.8, 4) is 0 Å². The first-order valence-corrected chi connectivity index (χ1v) is 12.9. The highest BCUT2D eigenvalue weighted by Crippen LogP contribution is 2.67. The number of halogens is 1. The van der Waals surface area contributed by atoms with Gasteiger partial charge in [-0.15, -0.1) is 11.3 Å². The summed E-state index contributed by atoms with van der Waals surface area (Å²) >= 11 is 1.45. The van der Waals surface area contributed by atoms with Gasteiger partial charge in [0.1, 0.15) is 23.2 Å². The van der Waals surface area contributed by atoms with Gasteiger partial charge in [-0.2, -0.15) is 0 Å². The first kappa shape index (κ1) is 24.3. The molecule has 0 N–H and O–H groups in total. The van der Waals surface area contributed by atoms with Crippen LogP contribution >= 0.6 is 18.6 Å². The summed E-state index contributed by atoms with van der Waals surface area (Å²) in [7, 11) is -2.41. The molecule has 1 atom stereocenters. The first-order valence-electron chi connectivity index (χ1n) is 10.2. The van der Waals surface area contributed by atoms with Gasteiger partial charge in [-0.1, -0.05) is 54.6 Å². The lowest BCUT2D eigenvalue weighted by Gasteiger charge is -2.33. The minimum absolute atomic E-state index is 0. The molecule has 4 aromatic rings. The first-order chi connectivity index (χ1) is 15.0. The molecule has 32 heavy (non-hydrogen) atoms. The van der Waals surface area contributed by atoms with Crippen LogP contribution in [0.4, 0.5) is 0 Å². The van der Waals surface area contributed by atoms with Crippen molar-refractivity contribution in [3.63, 3.8) is 0 Å². The van der Waals surface area contributed by atoms with E-state index in [-0.39, 0.29) is 34.2 Å². The van der Waals surface area contributed by atoms with Crippen LogP contribution in [-0.2, 0) is 4.79 Å². The fraction of sp³-hybridized carbons (Fsp3) is 0.111. The summed E-state index contributed by atoms with van der Waals surface area (Å²) in [5.74, 6) is 0.142. The van der Waals surface area contributed by atoms with E-state index < -0.39 is 7.26 Å². The Labute approximate surface area is 204 Å². The maximum Gasteiger partial charge on any atom is 0.176 e. The molecule has 0 spiro atoms. The van der Waals surface area contributed by atoms with Gasteiger partial charge in [-0.05, 0) is 62.4 Å². The molecule has 0 radical (unpaired) electrons. The lowest BCUT2D eigenvalue weighted by molar-refractivity contribution is -0.116. The van der Waals surface area contributed by atoms with Gasteiger partial charge in [0.15, 0.2) is 17.2 Å². The molecule has 2 nitrogen and oxygen atoms in total. The largest absolute Gasteiger partial charge is 1.00 e. The van der Waals surface area contributed by atoms with Crippen LogP contribution in [0.1, 0.15) is 34.1 Å². The molecule has 4 rings (SSSR count). The predicted octanol–water partition coefficient (Wildman–Crippen LogP) is 2.58. The summed E-state index contributed by atoms with van der Waals surface area (Å²) < 4.78 is 0. The van der Waals surface area contributed by atoms with E-state index in [0.29, 0.717) is 4.88 Å². The molecular weight excluding hydrogens is 499 g/mol. The van der Waals surface area contributed by atoms with Crippen molar-refractivity contribution in [1.82, 2.24) is 0 Å². The fourth-order valence-corrected chi connectivity index (χ4v) is 10.5. The maximum atomic E-state index is 13.4. The number of carbonyl (C=O) groups is 2. The molecule has 0 aliphatic heterocycles. The van der Waals surface area contributed by atoms with Crippen molar-refractivity contribution < 1.29 is 26.6 Å². The van der Waals surface area contributed by atoms with E-state index in [1.807, 2.05) is 66.7 Å². The SMILES string of the molecule is CC(=O)c1ccc(C(C(C)=O)[P+](c2ccccc2)(c2ccccc2)c2ccccc2)s1.[Br-]. The molecule has 0 fully saturated rings. The van der Waals surface area contributed by atoms with Crippen LogP contribution in [-0.4, -0.2) is 11.6 Å². The zero-order chi connectivity index (χ0) is 21.8. The van der Waals surface area contributed by atoms with Crippen LogP contribution in [0.3, 0.4) is 0 Å². The van der Waals surface area contributed by atoms with Gasteiger partial charge in [-0.3, -0.25) is 9.59 Å². The van der Waals surface area contributed by atoms with Crippen LogP contribution in [0, 0.1) is 0 Å². The zero-order valence-corrected chi connectivity index (χ0v) is 21.2. The van der Waals surface area contributed by atoms with Crippen molar-refractivity contribution in [2.24, 2.45) is 0 Å². The monoisotopic (exact) mass is 522 g/mol. The topological polar surface area (TPSA) is 34.1 Å². The third-order valence-electron chi connectivity index (χ3n) is 5.51. The van der Waals surface area contributed by atoms with E-state index in [4.69, 9.17) is 0 Å². The third-order valence-corrected chi connectivity index (χ3v) is 11.7. The van der Waals surface area contributed by atoms with Gasteiger partial charge in [0.25, 0.3) is 0 Å². The Morgan fingerprint density at radius 3 is 1.38 bits per heavy atom. The average Bonchev–Trinajstić information content (AvgIpc) is 3.29. The minimum atomic E-state index is -2.41. The summed E-state index contributed by atoms with van der Waals surface area (Å²) in [6, 6.07) is 35.0. The molecular formula is C27H24BrO2PS. The molecule has 5 heteroatoms. The van der Waals surface area contributed by atoms with Crippen molar-refractivity contribution in [1.29, 1.82) is 0 Å². The number of thiophene rings is 1. The van der Waals surface area contributed by atoms with Crippen molar-refractivity contribution >= 4 is 46.1 Å². The van der Waals surface area contributed by atoms with Gasteiger partial charge >= 0.3 is 0 Å². The molecule has 0 saturated carbocycles. The van der Waals surface area contributed by atoms with Gasteiger partial charge in [0.05, 0.1) is 9.75 Å². The van der Waals surface area contributed by atoms with Crippen LogP contribution in [0.25, 0.3) is 0 Å². The summed E-state index contributed by atoms with van der Waals surface area (Å²) in [6.45, 7) is 3.26. The summed E-state index contributed by atoms with van der Waals surface area (Å²) in [5.41, 5.74) is -0.363. The second kappa shape index (κ2) is 10.5. The van der Waals surface area contributed by atoms with Crippen LogP contribution in [0.5, 0.6) is 0 Å². The second-order valence-electron chi connectivity index (χ2n) is 7.50. The fourth-order valence-electron chi connectivity index (χ4n) is 4.24. The van der Waals surface area contributed by atoms with Crippen LogP contribution in [0.15, 0.2) is 103 Å². The van der Waals surface area contributed by atoms with Crippen LogP contribution in [0.2, 0.25) is 0 Å². The number of carbonyl (C=O) groups excluding carboxylic acids is 2. The molecule has 0 saturated heterocycles. The summed E-state index contributed by atoms with van der Waals surface area (Å²) in [5, 5.41) is 3.47. The number of benzene rings is 3. The standard InChI is InChI=1S/C27H24O2PS.BrH/c1-20(28)25-18-19-26(31-25)27(21(2)29)30(22-12-6-3-7-13-22,23-14-8-4-9-15-23)24-16-10-5-11-17-24;/h3-19,27H,1-2H3;1H/q+1;/p-1. The van der Waals surface area contributed by atoms with E-state index >= 15 is 0 Å². The van der Waals surface area contributed by atoms with E-state index in [9.17, 15) is 9.59 Å². The van der Waals surface area contributed by atoms with Gasteiger partial charge in [-0.25, -0.2) is 0 Å². The van der Waals surface area contributed by atoms with Crippen molar-refractivity contribution in [2.75, 3.05) is 0 Å². The highest BCUT2D eigenvalue weighted by molar-refractivity contribution is 7.96. The zero-order valence-electron chi connectivity index (χ0n) is 17.9. The lowest BCUT2D eigenvalue weighted by atomic mass is 10.2. The van der Waals surface area contributed by atoms with E-state index in [1.54, 1.807) is 13.8 Å². The minimum Gasteiger partial charge on any atom is -1.00 e. The molecule has 162 valence electrons. The maximum absolute atomic E-state index is 13.4. The number of hydrogen-bond acceptors (Lipinski definition) is 3. The molecule has 0 aliphatic rings. The van der Waals surface area contributed by atoms with Gasteiger partial charge < -0.3 is 17.0 Å². The molecule has 3 aromatic carbocycles. The van der Waals surface area contributed by atoms with Gasteiger partial charge in [0.2, 0.25) is 0 Å². The highest BCUT2D eigenvalue weighted by atomic mass is 79.9. The quantitative estimate of drug-likeness (QED) is 0.276. The van der Waals surface area contributed by atoms with Crippen LogP contribution < -0.4 is 32.9 Å². The normalized spacial score (nSPS) is 11.9. The number of rotatable bonds is 7. The molecule has 1 aromatic heterocycles. The molecule has 0 bridgehead atoms. The Morgan fingerprint density at radius 2 is 1.06 bits per heavy atom.